The van der Waals surface area contributed by atoms with Gasteiger partial charge in [0.05, 0.1) is 26.3 Å². The molecule has 0 saturated heterocycles. The zero-order valence-electron chi connectivity index (χ0n) is 10.4. The molecule has 0 rings (SSSR count). The molecular weight excluding hydrogens is 226 g/mol. The van der Waals surface area contributed by atoms with E-state index >= 15 is 0 Å². The molecule has 0 aliphatic carbocycles. The van der Waals surface area contributed by atoms with Crippen LogP contribution in [0.5, 0.6) is 0 Å². The van der Waals surface area contributed by atoms with E-state index in [2.05, 4.69) is 16.0 Å². The van der Waals surface area contributed by atoms with E-state index < -0.39 is 0 Å². The lowest BCUT2D eigenvalue weighted by Gasteiger charge is -2.07. The van der Waals surface area contributed by atoms with Crippen LogP contribution in [0.2, 0.25) is 0 Å². The lowest BCUT2D eigenvalue weighted by atomic mass is 10.5. The third-order valence-electron chi connectivity index (χ3n) is 1.84. The smallest absolute Gasteiger partial charge is 0.239 e. The first-order valence-corrected chi connectivity index (χ1v) is 5.42. The van der Waals surface area contributed by atoms with Crippen molar-refractivity contribution < 1.29 is 19.1 Å². The molecule has 0 bridgehead atoms. The van der Waals surface area contributed by atoms with Crippen LogP contribution in [-0.4, -0.2) is 65.4 Å². The zero-order valence-corrected chi connectivity index (χ0v) is 10.4. The van der Waals surface area contributed by atoms with Crippen LogP contribution in [0, 0.1) is 0 Å². The average Bonchev–Trinajstić information content (AvgIpc) is 2.32. The molecule has 0 aromatic heterocycles. The van der Waals surface area contributed by atoms with Gasteiger partial charge in [0, 0.05) is 27.3 Å². The number of hydrogen-bond acceptors (Lipinski definition) is 5. The highest BCUT2D eigenvalue weighted by molar-refractivity contribution is 5.85. The molecule has 0 atom stereocenters. The third kappa shape index (κ3) is 11.1. The summed E-state index contributed by atoms with van der Waals surface area (Å²) in [6, 6.07) is 0. The number of nitrogens with one attached hydrogen (secondary N) is 3. The standard InChI is InChI=1S/C10H21N3O4/c1-16-5-3-11-7-9(14)13-8-10(15)12-4-6-17-2/h11H,3-8H2,1-2H3,(H,12,15)(H,13,14). The van der Waals surface area contributed by atoms with Crippen molar-refractivity contribution in [1.29, 1.82) is 0 Å². The Hall–Kier alpha value is -1.18. The van der Waals surface area contributed by atoms with Crippen molar-refractivity contribution in [3.8, 4) is 0 Å². The van der Waals surface area contributed by atoms with Crippen LogP contribution in [0.15, 0.2) is 0 Å². The summed E-state index contributed by atoms with van der Waals surface area (Å²) in [5.41, 5.74) is 0. The molecule has 0 aliphatic rings. The minimum atomic E-state index is -0.229. The summed E-state index contributed by atoms with van der Waals surface area (Å²) in [5.74, 6) is -0.449. The Bertz CT molecular complexity index is 224. The summed E-state index contributed by atoms with van der Waals surface area (Å²) in [5, 5.41) is 7.96. The molecule has 7 heteroatoms. The van der Waals surface area contributed by atoms with E-state index in [1.807, 2.05) is 0 Å². The van der Waals surface area contributed by atoms with E-state index in [1.165, 1.54) is 0 Å². The molecule has 0 heterocycles. The van der Waals surface area contributed by atoms with E-state index in [0.29, 0.717) is 26.3 Å². The van der Waals surface area contributed by atoms with Gasteiger partial charge in [-0.1, -0.05) is 0 Å². The van der Waals surface area contributed by atoms with Gasteiger partial charge in [-0.15, -0.1) is 0 Å². The molecule has 0 fully saturated rings. The fourth-order valence-electron chi connectivity index (χ4n) is 0.973. The van der Waals surface area contributed by atoms with Gasteiger partial charge in [-0.3, -0.25) is 9.59 Å². The third-order valence-corrected chi connectivity index (χ3v) is 1.84. The van der Waals surface area contributed by atoms with Crippen LogP contribution in [0.1, 0.15) is 0 Å². The summed E-state index contributed by atoms with van der Waals surface area (Å²) >= 11 is 0. The molecule has 100 valence electrons. The Morgan fingerprint density at radius 3 is 2.12 bits per heavy atom. The van der Waals surface area contributed by atoms with Crippen LogP contribution in [-0.2, 0) is 19.1 Å². The van der Waals surface area contributed by atoms with Gasteiger partial charge in [0.15, 0.2) is 0 Å². The van der Waals surface area contributed by atoms with Crippen molar-refractivity contribution >= 4 is 11.8 Å². The molecule has 0 aromatic carbocycles. The molecule has 0 spiro atoms. The first-order chi connectivity index (χ1) is 8.20. The summed E-state index contributed by atoms with van der Waals surface area (Å²) in [6.07, 6.45) is 0. The van der Waals surface area contributed by atoms with E-state index in [0.717, 1.165) is 0 Å². The number of carbonyl (C=O) groups is 2. The predicted octanol–water partition coefficient (Wildman–Crippen LogP) is -1.90. The van der Waals surface area contributed by atoms with Crippen LogP contribution >= 0.6 is 0 Å². The number of carbonyl (C=O) groups excluding carboxylic acids is 2. The first kappa shape index (κ1) is 15.8. The van der Waals surface area contributed by atoms with Gasteiger partial charge in [-0.25, -0.2) is 0 Å². The van der Waals surface area contributed by atoms with Gasteiger partial charge in [0.2, 0.25) is 11.8 Å². The van der Waals surface area contributed by atoms with Gasteiger partial charge in [-0.05, 0) is 0 Å². The van der Waals surface area contributed by atoms with E-state index in [4.69, 9.17) is 9.47 Å². The maximum absolute atomic E-state index is 11.2. The molecule has 2 amide bonds. The van der Waals surface area contributed by atoms with Crippen molar-refractivity contribution in [2.45, 2.75) is 0 Å². The molecule has 0 aliphatic heterocycles. The molecule has 0 aromatic rings. The number of ether oxygens (including phenoxy) is 2. The molecule has 3 N–H and O–H groups in total. The SMILES string of the molecule is COCCNCC(=O)NCC(=O)NCCOC. The summed E-state index contributed by atoms with van der Waals surface area (Å²) < 4.78 is 9.58. The average molecular weight is 247 g/mol. The lowest BCUT2D eigenvalue weighted by Crippen LogP contribution is -2.41. The normalized spacial score (nSPS) is 10.0. The Balaban J connectivity index is 3.39. The summed E-state index contributed by atoms with van der Waals surface area (Å²) in [7, 11) is 3.14. The molecule has 0 radical (unpaired) electrons. The van der Waals surface area contributed by atoms with Crippen molar-refractivity contribution in [1.82, 2.24) is 16.0 Å². The van der Waals surface area contributed by atoms with Gasteiger partial charge < -0.3 is 25.4 Å². The highest BCUT2D eigenvalue weighted by atomic mass is 16.5. The van der Waals surface area contributed by atoms with Crippen LogP contribution < -0.4 is 16.0 Å². The molecular formula is C10H21N3O4. The Morgan fingerprint density at radius 1 is 0.882 bits per heavy atom. The summed E-state index contributed by atoms with van der Waals surface area (Å²) in [6.45, 7) is 2.20. The fourth-order valence-corrected chi connectivity index (χ4v) is 0.973. The minimum Gasteiger partial charge on any atom is -0.383 e. The van der Waals surface area contributed by atoms with Gasteiger partial charge in [-0.2, -0.15) is 0 Å². The summed E-state index contributed by atoms with van der Waals surface area (Å²) in [4.78, 5) is 22.4. The van der Waals surface area contributed by atoms with E-state index in [-0.39, 0.29) is 24.9 Å². The van der Waals surface area contributed by atoms with Crippen molar-refractivity contribution in [3.63, 3.8) is 0 Å². The first-order valence-electron chi connectivity index (χ1n) is 5.42. The Labute approximate surface area is 101 Å². The molecule has 0 saturated carbocycles. The minimum absolute atomic E-state index is 0.0193. The monoisotopic (exact) mass is 247 g/mol. The second kappa shape index (κ2) is 11.3. The van der Waals surface area contributed by atoms with Crippen molar-refractivity contribution in [2.75, 3.05) is 53.6 Å². The maximum atomic E-state index is 11.2. The second-order valence-electron chi connectivity index (χ2n) is 3.29. The topological polar surface area (TPSA) is 88.7 Å². The Kier molecular flexibility index (Phi) is 10.5. The molecule has 17 heavy (non-hydrogen) atoms. The molecule has 7 nitrogen and oxygen atoms in total. The largest absolute Gasteiger partial charge is 0.383 e. The van der Waals surface area contributed by atoms with Crippen LogP contribution in [0.4, 0.5) is 0 Å². The van der Waals surface area contributed by atoms with Crippen LogP contribution in [0.25, 0.3) is 0 Å². The van der Waals surface area contributed by atoms with Crippen molar-refractivity contribution in [3.05, 3.63) is 0 Å². The highest BCUT2D eigenvalue weighted by Crippen LogP contribution is 1.70. The number of hydrogen-bond donors (Lipinski definition) is 3. The van der Waals surface area contributed by atoms with Gasteiger partial charge in [0.1, 0.15) is 0 Å². The number of rotatable bonds is 10. The zero-order chi connectivity index (χ0) is 12.9. The van der Waals surface area contributed by atoms with E-state index in [1.54, 1.807) is 14.2 Å². The number of methoxy groups -OCH3 is 2. The van der Waals surface area contributed by atoms with Crippen molar-refractivity contribution in [2.24, 2.45) is 0 Å². The van der Waals surface area contributed by atoms with E-state index in [9.17, 15) is 9.59 Å². The number of amides is 2. The van der Waals surface area contributed by atoms with Gasteiger partial charge >= 0.3 is 0 Å². The molecule has 0 unspecified atom stereocenters. The lowest BCUT2D eigenvalue weighted by molar-refractivity contribution is -0.125. The Morgan fingerprint density at radius 2 is 1.47 bits per heavy atom. The van der Waals surface area contributed by atoms with Crippen LogP contribution in [0.3, 0.4) is 0 Å². The van der Waals surface area contributed by atoms with Gasteiger partial charge in [0.25, 0.3) is 0 Å². The predicted molar refractivity (Wildman–Crippen MR) is 62.6 cm³/mol. The second-order valence-corrected chi connectivity index (χ2v) is 3.29. The quantitative estimate of drug-likeness (QED) is 0.392. The highest BCUT2D eigenvalue weighted by Gasteiger charge is 2.04. The fraction of sp³-hybridized carbons (Fsp3) is 0.800. The maximum Gasteiger partial charge on any atom is 0.239 e.